The number of anilines is 1. The lowest BCUT2D eigenvalue weighted by atomic mass is 10.3. The minimum absolute atomic E-state index is 0.631. The van der Waals surface area contributed by atoms with E-state index in [1.165, 1.54) is 0 Å². The second kappa shape index (κ2) is 6.12. The van der Waals surface area contributed by atoms with Crippen LogP contribution < -0.4 is 5.32 Å². The number of nitrogens with one attached hydrogen (secondary N) is 1. The highest BCUT2D eigenvalue weighted by molar-refractivity contribution is 6.35. The molecule has 3 nitrogen and oxygen atoms in total. The van der Waals surface area contributed by atoms with Crippen LogP contribution in [0.15, 0.2) is 30.6 Å². The Balaban J connectivity index is 1.97. The van der Waals surface area contributed by atoms with Crippen molar-refractivity contribution in [2.45, 2.75) is 26.4 Å². The van der Waals surface area contributed by atoms with E-state index in [2.05, 4.69) is 17.3 Å². The topological polar surface area (TPSA) is 29.9 Å². The first kappa shape index (κ1) is 13.2. The van der Waals surface area contributed by atoms with E-state index in [9.17, 15) is 0 Å². The molecule has 0 atom stereocenters. The van der Waals surface area contributed by atoms with Crippen molar-refractivity contribution in [3.8, 4) is 0 Å². The lowest BCUT2D eigenvalue weighted by molar-refractivity contribution is 0.602. The molecule has 1 aromatic carbocycles. The minimum atomic E-state index is 0.631. The fraction of sp³-hybridized carbons (Fsp3) is 0.308. The highest BCUT2D eigenvalue weighted by Gasteiger charge is 2.00. The summed E-state index contributed by atoms with van der Waals surface area (Å²) in [4.78, 5) is 0. The maximum absolute atomic E-state index is 5.94. The Morgan fingerprint density at radius 2 is 1.94 bits per heavy atom. The van der Waals surface area contributed by atoms with Crippen LogP contribution in [0.1, 0.15) is 18.9 Å². The Morgan fingerprint density at radius 3 is 2.61 bits per heavy atom. The van der Waals surface area contributed by atoms with Gasteiger partial charge in [0.15, 0.2) is 0 Å². The second-order valence-corrected chi connectivity index (χ2v) is 5.00. The zero-order valence-electron chi connectivity index (χ0n) is 10.2. The van der Waals surface area contributed by atoms with Gasteiger partial charge in [0.1, 0.15) is 0 Å². The van der Waals surface area contributed by atoms with Crippen LogP contribution in [0.3, 0.4) is 0 Å². The highest BCUT2D eigenvalue weighted by atomic mass is 35.5. The molecule has 0 spiro atoms. The molecule has 0 fully saturated rings. The highest BCUT2D eigenvalue weighted by Crippen LogP contribution is 2.22. The van der Waals surface area contributed by atoms with Gasteiger partial charge in [-0.15, -0.1) is 0 Å². The molecule has 0 aliphatic rings. The summed E-state index contributed by atoms with van der Waals surface area (Å²) in [5, 5.41) is 8.82. The molecule has 18 heavy (non-hydrogen) atoms. The lowest BCUT2D eigenvalue weighted by Crippen LogP contribution is -1.99. The normalized spacial score (nSPS) is 10.6. The maximum atomic E-state index is 5.94. The van der Waals surface area contributed by atoms with Crippen molar-refractivity contribution in [3.05, 3.63) is 46.2 Å². The van der Waals surface area contributed by atoms with Crippen LogP contribution in [0.4, 0.5) is 5.69 Å². The zero-order chi connectivity index (χ0) is 13.0. The van der Waals surface area contributed by atoms with E-state index >= 15 is 0 Å². The van der Waals surface area contributed by atoms with Crippen molar-refractivity contribution in [3.63, 3.8) is 0 Å². The molecule has 96 valence electrons. The van der Waals surface area contributed by atoms with E-state index in [4.69, 9.17) is 23.2 Å². The number of hydrogen-bond acceptors (Lipinski definition) is 2. The molecule has 0 aliphatic heterocycles. The molecule has 2 rings (SSSR count). The van der Waals surface area contributed by atoms with Gasteiger partial charge in [0.2, 0.25) is 0 Å². The summed E-state index contributed by atoms with van der Waals surface area (Å²) in [7, 11) is 0. The van der Waals surface area contributed by atoms with Crippen LogP contribution in [0.25, 0.3) is 0 Å². The molecule has 1 heterocycles. The molecule has 0 amide bonds. The van der Waals surface area contributed by atoms with Gasteiger partial charge in [-0.2, -0.15) is 5.10 Å². The second-order valence-electron chi connectivity index (χ2n) is 4.12. The Kier molecular flexibility index (Phi) is 4.50. The Morgan fingerprint density at radius 1 is 1.22 bits per heavy atom. The van der Waals surface area contributed by atoms with Gasteiger partial charge in [-0.1, -0.05) is 30.1 Å². The first-order valence-electron chi connectivity index (χ1n) is 5.88. The molecule has 0 radical (unpaired) electrons. The SMILES string of the molecule is CCCn1cc(CNc2cc(Cl)cc(Cl)c2)cn1. The third-order valence-electron chi connectivity index (χ3n) is 2.50. The summed E-state index contributed by atoms with van der Waals surface area (Å²) < 4.78 is 1.95. The molecule has 0 saturated heterocycles. The number of halogens is 2. The van der Waals surface area contributed by atoms with Crippen LogP contribution in [0.5, 0.6) is 0 Å². The summed E-state index contributed by atoms with van der Waals surface area (Å²) in [6.07, 6.45) is 5.00. The van der Waals surface area contributed by atoms with Crippen LogP contribution >= 0.6 is 23.2 Å². The molecular weight excluding hydrogens is 269 g/mol. The maximum Gasteiger partial charge on any atom is 0.0539 e. The largest absolute Gasteiger partial charge is 0.381 e. The molecule has 0 bridgehead atoms. The summed E-state index contributed by atoms with van der Waals surface area (Å²) >= 11 is 11.9. The third-order valence-corrected chi connectivity index (χ3v) is 2.94. The molecule has 0 aliphatic carbocycles. The van der Waals surface area contributed by atoms with Crippen molar-refractivity contribution in [2.24, 2.45) is 0 Å². The number of nitrogens with zero attached hydrogens (tertiary/aromatic N) is 2. The smallest absolute Gasteiger partial charge is 0.0539 e. The quantitative estimate of drug-likeness (QED) is 0.891. The molecule has 1 aromatic heterocycles. The van der Waals surface area contributed by atoms with Gasteiger partial charge in [-0.25, -0.2) is 0 Å². The lowest BCUT2D eigenvalue weighted by Gasteiger charge is -2.05. The van der Waals surface area contributed by atoms with Crippen LogP contribution in [0, 0.1) is 0 Å². The summed E-state index contributed by atoms with van der Waals surface area (Å²) in [6.45, 7) is 3.79. The van der Waals surface area contributed by atoms with E-state index in [0.29, 0.717) is 16.6 Å². The van der Waals surface area contributed by atoms with Crippen LogP contribution in [-0.4, -0.2) is 9.78 Å². The molecule has 5 heteroatoms. The predicted molar refractivity (Wildman–Crippen MR) is 76.3 cm³/mol. The van der Waals surface area contributed by atoms with E-state index in [0.717, 1.165) is 24.2 Å². The Bertz CT molecular complexity index is 502. The fourth-order valence-corrected chi connectivity index (χ4v) is 2.24. The number of hydrogen-bond donors (Lipinski definition) is 1. The van der Waals surface area contributed by atoms with Crippen LogP contribution in [-0.2, 0) is 13.1 Å². The van der Waals surface area contributed by atoms with Gasteiger partial charge in [-0.05, 0) is 24.6 Å². The number of aryl methyl sites for hydroxylation is 1. The van der Waals surface area contributed by atoms with Crippen molar-refractivity contribution in [1.82, 2.24) is 9.78 Å². The molecular formula is C13H15Cl2N3. The standard InChI is InChI=1S/C13H15Cl2N3/c1-2-3-18-9-10(8-17-18)7-16-13-5-11(14)4-12(15)6-13/h4-6,8-9,16H,2-3,7H2,1H3. The van der Waals surface area contributed by atoms with Gasteiger partial charge >= 0.3 is 0 Å². The fourth-order valence-electron chi connectivity index (χ4n) is 1.71. The van der Waals surface area contributed by atoms with E-state index in [-0.39, 0.29) is 0 Å². The molecule has 2 aromatic rings. The van der Waals surface area contributed by atoms with Crippen molar-refractivity contribution in [1.29, 1.82) is 0 Å². The van der Waals surface area contributed by atoms with Crippen LogP contribution in [0.2, 0.25) is 10.0 Å². The number of aromatic nitrogens is 2. The summed E-state index contributed by atoms with van der Waals surface area (Å²) in [5.41, 5.74) is 2.05. The van der Waals surface area contributed by atoms with E-state index < -0.39 is 0 Å². The Labute approximate surface area is 117 Å². The summed E-state index contributed by atoms with van der Waals surface area (Å²) in [5.74, 6) is 0. The number of rotatable bonds is 5. The first-order chi connectivity index (χ1) is 8.67. The van der Waals surface area contributed by atoms with Crippen molar-refractivity contribution < 1.29 is 0 Å². The minimum Gasteiger partial charge on any atom is -0.381 e. The van der Waals surface area contributed by atoms with Gasteiger partial charge in [-0.3, -0.25) is 4.68 Å². The Hall–Kier alpha value is -1.19. The average molecular weight is 284 g/mol. The van der Waals surface area contributed by atoms with Gasteiger partial charge in [0, 0.05) is 40.6 Å². The van der Waals surface area contributed by atoms with E-state index in [1.807, 2.05) is 29.2 Å². The van der Waals surface area contributed by atoms with Gasteiger partial charge in [0.25, 0.3) is 0 Å². The zero-order valence-corrected chi connectivity index (χ0v) is 11.7. The van der Waals surface area contributed by atoms with E-state index in [1.54, 1.807) is 6.07 Å². The third kappa shape index (κ3) is 3.65. The predicted octanol–water partition coefficient (Wildman–Crippen LogP) is 4.21. The first-order valence-corrected chi connectivity index (χ1v) is 6.64. The molecule has 0 saturated carbocycles. The van der Waals surface area contributed by atoms with Gasteiger partial charge in [0.05, 0.1) is 6.20 Å². The number of benzene rings is 1. The average Bonchev–Trinajstić information content (AvgIpc) is 2.74. The van der Waals surface area contributed by atoms with Crippen molar-refractivity contribution in [2.75, 3.05) is 5.32 Å². The molecule has 1 N–H and O–H groups in total. The monoisotopic (exact) mass is 283 g/mol. The van der Waals surface area contributed by atoms with Crippen molar-refractivity contribution >= 4 is 28.9 Å². The molecule has 0 unspecified atom stereocenters. The summed E-state index contributed by atoms with van der Waals surface area (Å²) in [6, 6.07) is 5.42. The van der Waals surface area contributed by atoms with Gasteiger partial charge < -0.3 is 5.32 Å².